The van der Waals surface area contributed by atoms with Crippen LogP contribution < -0.4 is 5.32 Å². The largest absolute Gasteiger partial charge is 0.331 e. The molecule has 148 valence electrons. The first-order valence-electron chi connectivity index (χ1n) is 10.2. The topological polar surface area (TPSA) is 48.5 Å². The lowest BCUT2D eigenvalue weighted by molar-refractivity contribution is 0.0620. The van der Waals surface area contributed by atoms with E-state index in [1.165, 1.54) is 5.56 Å². The van der Waals surface area contributed by atoms with Gasteiger partial charge in [0.05, 0.1) is 5.54 Å². The first-order valence-corrected chi connectivity index (χ1v) is 10.2. The number of hydrogen-bond donors (Lipinski definition) is 1. The minimum Gasteiger partial charge on any atom is -0.331 e. The van der Waals surface area contributed by atoms with Crippen molar-refractivity contribution in [1.82, 2.24) is 20.1 Å². The molecule has 5 heteroatoms. The maximum absolute atomic E-state index is 12.6. The molecule has 1 saturated heterocycles. The number of aromatic nitrogens is 1. The van der Waals surface area contributed by atoms with Gasteiger partial charge in [-0.15, -0.1) is 0 Å². The maximum Gasteiger partial charge on any atom is 0.317 e. The zero-order chi connectivity index (χ0) is 19.6. The first-order chi connectivity index (χ1) is 13.5. The van der Waals surface area contributed by atoms with Crippen LogP contribution in [-0.4, -0.2) is 53.5 Å². The molecule has 2 fully saturated rings. The standard InChI is InChI=1S/C23H30N4O/c1-26(2)23(19-8-4-3-5-9-19)14-12-22(13-15-23)18-27(21(28)25-22)17-11-20-10-6-7-16-24-20/h3-10,16H,11-15,17-18H2,1-2H3,(H,25,28)/t22-,23-. The molecule has 0 bridgehead atoms. The molecule has 1 spiro atoms. The van der Waals surface area contributed by atoms with Crippen LogP contribution in [0.1, 0.15) is 36.9 Å². The van der Waals surface area contributed by atoms with Crippen LogP contribution in [0.2, 0.25) is 0 Å². The molecule has 5 nitrogen and oxygen atoms in total. The molecular formula is C23H30N4O. The molecular weight excluding hydrogens is 348 g/mol. The van der Waals surface area contributed by atoms with Crippen LogP contribution in [0.3, 0.4) is 0 Å². The third-order valence-electron chi connectivity index (χ3n) is 6.72. The molecule has 0 unspecified atom stereocenters. The summed E-state index contributed by atoms with van der Waals surface area (Å²) in [6.07, 6.45) is 6.73. The molecule has 1 saturated carbocycles. The van der Waals surface area contributed by atoms with Gasteiger partial charge in [0.25, 0.3) is 0 Å². The van der Waals surface area contributed by atoms with Crippen LogP contribution in [0, 0.1) is 0 Å². The molecule has 1 aromatic carbocycles. The zero-order valence-electron chi connectivity index (χ0n) is 16.9. The number of benzene rings is 1. The third kappa shape index (κ3) is 3.51. The third-order valence-corrected chi connectivity index (χ3v) is 6.72. The molecule has 1 N–H and O–H groups in total. The number of nitrogens with zero attached hydrogens (tertiary/aromatic N) is 3. The van der Waals surface area contributed by atoms with Gasteiger partial charge in [-0.25, -0.2) is 4.79 Å². The van der Waals surface area contributed by atoms with E-state index in [-0.39, 0.29) is 17.1 Å². The van der Waals surface area contributed by atoms with Gasteiger partial charge in [0.2, 0.25) is 0 Å². The highest BCUT2D eigenvalue weighted by Crippen LogP contribution is 2.45. The number of amides is 2. The quantitative estimate of drug-likeness (QED) is 0.867. The van der Waals surface area contributed by atoms with E-state index in [9.17, 15) is 4.79 Å². The Morgan fingerprint density at radius 2 is 1.75 bits per heavy atom. The number of urea groups is 1. The summed E-state index contributed by atoms with van der Waals surface area (Å²) in [6.45, 7) is 1.53. The van der Waals surface area contributed by atoms with E-state index in [0.29, 0.717) is 0 Å². The first kappa shape index (κ1) is 18.9. The second kappa shape index (κ2) is 7.55. The van der Waals surface area contributed by atoms with Crippen molar-refractivity contribution in [3.8, 4) is 0 Å². The summed E-state index contributed by atoms with van der Waals surface area (Å²) in [5.74, 6) is 0. The highest BCUT2D eigenvalue weighted by atomic mass is 16.2. The predicted molar refractivity (Wildman–Crippen MR) is 111 cm³/mol. The summed E-state index contributed by atoms with van der Waals surface area (Å²) in [5, 5.41) is 3.33. The molecule has 0 radical (unpaired) electrons. The molecule has 1 aromatic heterocycles. The summed E-state index contributed by atoms with van der Waals surface area (Å²) in [7, 11) is 4.36. The number of pyridine rings is 1. The van der Waals surface area contributed by atoms with Crippen molar-refractivity contribution < 1.29 is 4.79 Å². The Morgan fingerprint density at radius 1 is 1.04 bits per heavy atom. The van der Waals surface area contributed by atoms with Gasteiger partial charge >= 0.3 is 6.03 Å². The summed E-state index contributed by atoms with van der Waals surface area (Å²) < 4.78 is 0. The lowest BCUT2D eigenvalue weighted by Gasteiger charge is -2.48. The van der Waals surface area contributed by atoms with E-state index in [1.807, 2.05) is 29.3 Å². The molecule has 1 aliphatic heterocycles. The van der Waals surface area contributed by atoms with Crippen LogP contribution in [0.4, 0.5) is 4.79 Å². The fourth-order valence-electron chi connectivity index (χ4n) is 4.93. The van der Waals surface area contributed by atoms with E-state index < -0.39 is 0 Å². The monoisotopic (exact) mass is 378 g/mol. The number of carbonyl (C=O) groups excluding carboxylic acids is 1. The molecule has 2 aromatic rings. The van der Waals surface area contributed by atoms with E-state index >= 15 is 0 Å². The fraction of sp³-hybridized carbons (Fsp3) is 0.478. The van der Waals surface area contributed by atoms with Gasteiger partial charge in [-0.05, 0) is 57.5 Å². The Balaban J connectivity index is 1.43. The molecule has 4 rings (SSSR count). The Bertz CT molecular complexity index is 798. The predicted octanol–water partition coefficient (Wildman–Crippen LogP) is 3.42. The van der Waals surface area contributed by atoms with Crippen LogP contribution in [0.25, 0.3) is 0 Å². The molecule has 28 heavy (non-hydrogen) atoms. The molecule has 2 amide bonds. The zero-order valence-corrected chi connectivity index (χ0v) is 16.9. The van der Waals surface area contributed by atoms with Crippen molar-refractivity contribution in [3.05, 3.63) is 66.0 Å². The lowest BCUT2D eigenvalue weighted by Crippen LogP contribution is -2.54. The Morgan fingerprint density at radius 3 is 2.39 bits per heavy atom. The second-order valence-electron chi connectivity index (χ2n) is 8.50. The van der Waals surface area contributed by atoms with E-state index in [4.69, 9.17) is 0 Å². The van der Waals surface area contributed by atoms with E-state index in [1.54, 1.807) is 0 Å². The minimum absolute atomic E-state index is 0.0542. The van der Waals surface area contributed by atoms with Crippen molar-refractivity contribution in [2.45, 2.75) is 43.2 Å². The number of nitrogens with one attached hydrogen (secondary N) is 1. The highest BCUT2D eigenvalue weighted by molar-refractivity contribution is 5.78. The molecule has 2 heterocycles. The Labute approximate surface area is 167 Å². The van der Waals surface area contributed by atoms with Crippen molar-refractivity contribution in [1.29, 1.82) is 0 Å². The van der Waals surface area contributed by atoms with E-state index in [2.05, 4.69) is 59.6 Å². The van der Waals surface area contributed by atoms with Gasteiger partial charge in [-0.1, -0.05) is 36.4 Å². The van der Waals surface area contributed by atoms with Gasteiger partial charge in [-0.3, -0.25) is 9.88 Å². The van der Waals surface area contributed by atoms with E-state index in [0.717, 1.165) is 50.9 Å². The highest BCUT2D eigenvalue weighted by Gasteiger charge is 2.49. The summed E-state index contributed by atoms with van der Waals surface area (Å²) >= 11 is 0. The average molecular weight is 379 g/mol. The van der Waals surface area contributed by atoms with Crippen LogP contribution in [0.15, 0.2) is 54.7 Å². The summed E-state index contributed by atoms with van der Waals surface area (Å²) in [6, 6.07) is 16.8. The van der Waals surface area contributed by atoms with Gasteiger partial charge in [-0.2, -0.15) is 0 Å². The van der Waals surface area contributed by atoms with Crippen molar-refractivity contribution >= 4 is 6.03 Å². The van der Waals surface area contributed by atoms with Gasteiger partial charge < -0.3 is 10.2 Å². The summed E-state index contributed by atoms with van der Waals surface area (Å²) in [4.78, 5) is 21.3. The van der Waals surface area contributed by atoms with Gasteiger partial charge in [0.1, 0.15) is 0 Å². The number of rotatable bonds is 5. The molecule has 2 aliphatic rings. The number of hydrogen-bond acceptors (Lipinski definition) is 3. The fourth-order valence-corrected chi connectivity index (χ4v) is 4.93. The van der Waals surface area contributed by atoms with Crippen LogP contribution in [0.5, 0.6) is 0 Å². The normalized spacial score (nSPS) is 27.4. The van der Waals surface area contributed by atoms with Crippen molar-refractivity contribution in [3.63, 3.8) is 0 Å². The maximum atomic E-state index is 12.6. The average Bonchev–Trinajstić information content (AvgIpc) is 3.03. The minimum atomic E-state index is -0.0878. The van der Waals surface area contributed by atoms with Crippen molar-refractivity contribution in [2.75, 3.05) is 27.2 Å². The van der Waals surface area contributed by atoms with Crippen molar-refractivity contribution in [2.24, 2.45) is 0 Å². The van der Waals surface area contributed by atoms with Gasteiger partial charge in [0, 0.05) is 36.9 Å². The second-order valence-corrected chi connectivity index (χ2v) is 8.50. The van der Waals surface area contributed by atoms with Crippen LogP contribution >= 0.6 is 0 Å². The molecule has 0 atom stereocenters. The Kier molecular flexibility index (Phi) is 5.11. The van der Waals surface area contributed by atoms with Gasteiger partial charge in [0.15, 0.2) is 0 Å². The molecule has 1 aliphatic carbocycles. The van der Waals surface area contributed by atoms with Crippen LogP contribution in [-0.2, 0) is 12.0 Å². The SMILES string of the molecule is CN(C)[C@]1(c2ccccc2)CC[C@@]2(CC1)CN(CCc1ccccn1)C(=O)N2. The Hall–Kier alpha value is -2.40. The summed E-state index contributed by atoms with van der Waals surface area (Å²) in [5.41, 5.74) is 2.38. The lowest BCUT2D eigenvalue weighted by atomic mass is 9.69. The smallest absolute Gasteiger partial charge is 0.317 e. The number of carbonyl (C=O) groups is 1.